The maximum atomic E-state index is 12.2. The standard InChI is InChI=1S/C16H22N2O2/c1-5-18-13-9-7-6-8-11(13)12(17-18)10-14(19)15(20)16(2,3)4/h6-9,15,20H,5,10H2,1-4H3. The maximum Gasteiger partial charge on any atom is 0.167 e. The normalized spacial score (nSPS) is 13.7. The summed E-state index contributed by atoms with van der Waals surface area (Å²) < 4.78 is 1.89. The molecule has 0 spiro atoms. The number of ketones is 1. The van der Waals surface area contributed by atoms with Crippen molar-refractivity contribution in [2.75, 3.05) is 0 Å². The number of nitrogens with zero attached hydrogens (tertiary/aromatic N) is 2. The van der Waals surface area contributed by atoms with Gasteiger partial charge >= 0.3 is 0 Å². The van der Waals surface area contributed by atoms with Gasteiger partial charge in [0.25, 0.3) is 0 Å². The first-order valence-corrected chi connectivity index (χ1v) is 6.99. The van der Waals surface area contributed by atoms with E-state index in [2.05, 4.69) is 5.10 Å². The van der Waals surface area contributed by atoms with Gasteiger partial charge in [-0.25, -0.2) is 0 Å². The van der Waals surface area contributed by atoms with Gasteiger partial charge in [0, 0.05) is 11.9 Å². The van der Waals surface area contributed by atoms with Crippen LogP contribution in [0.25, 0.3) is 10.9 Å². The van der Waals surface area contributed by atoms with Gasteiger partial charge in [0.05, 0.1) is 17.6 Å². The van der Waals surface area contributed by atoms with Gasteiger partial charge in [-0.1, -0.05) is 39.0 Å². The predicted molar refractivity (Wildman–Crippen MR) is 79.6 cm³/mol. The summed E-state index contributed by atoms with van der Waals surface area (Å²) in [6.07, 6.45) is -0.792. The number of hydrogen-bond acceptors (Lipinski definition) is 3. The second-order valence-corrected chi connectivity index (χ2v) is 6.19. The number of aryl methyl sites for hydroxylation is 1. The Bertz CT molecular complexity index is 623. The molecule has 0 bridgehead atoms. The van der Waals surface area contributed by atoms with Gasteiger partial charge in [-0.2, -0.15) is 5.10 Å². The molecule has 0 aliphatic heterocycles. The first-order chi connectivity index (χ1) is 9.34. The lowest BCUT2D eigenvalue weighted by atomic mass is 9.85. The molecule has 0 saturated carbocycles. The van der Waals surface area contributed by atoms with Crippen LogP contribution in [-0.4, -0.2) is 26.8 Å². The number of rotatable bonds is 4. The molecule has 1 unspecified atom stereocenters. The van der Waals surface area contributed by atoms with Crippen LogP contribution in [0.4, 0.5) is 0 Å². The molecule has 4 nitrogen and oxygen atoms in total. The lowest BCUT2D eigenvalue weighted by Gasteiger charge is -2.24. The number of para-hydroxylation sites is 1. The zero-order chi connectivity index (χ0) is 14.9. The van der Waals surface area contributed by atoms with Crippen LogP contribution in [0.15, 0.2) is 24.3 Å². The van der Waals surface area contributed by atoms with E-state index < -0.39 is 11.5 Å². The van der Waals surface area contributed by atoms with Gasteiger partial charge in [0.1, 0.15) is 6.10 Å². The Balaban J connectivity index is 2.33. The first-order valence-electron chi connectivity index (χ1n) is 6.99. The molecular formula is C16H22N2O2. The number of carbonyl (C=O) groups excluding carboxylic acids is 1. The average Bonchev–Trinajstić information content (AvgIpc) is 2.75. The Morgan fingerprint density at radius 3 is 2.60 bits per heavy atom. The highest BCUT2D eigenvalue weighted by atomic mass is 16.3. The van der Waals surface area contributed by atoms with E-state index in [1.807, 2.05) is 56.6 Å². The molecule has 4 heteroatoms. The third kappa shape index (κ3) is 2.75. The van der Waals surface area contributed by atoms with Crippen molar-refractivity contribution in [3.63, 3.8) is 0 Å². The highest BCUT2D eigenvalue weighted by Crippen LogP contribution is 2.23. The molecule has 0 fully saturated rings. The Kier molecular flexibility index (Phi) is 3.95. The Morgan fingerprint density at radius 1 is 1.35 bits per heavy atom. The van der Waals surface area contributed by atoms with Crippen molar-refractivity contribution in [1.29, 1.82) is 0 Å². The van der Waals surface area contributed by atoms with Gasteiger partial charge in [-0.15, -0.1) is 0 Å². The van der Waals surface area contributed by atoms with Crippen LogP contribution in [0.2, 0.25) is 0 Å². The van der Waals surface area contributed by atoms with Crippen LogP contribution >= 0.6 is 0 Å². The monoisotopic (exact) mass is 274 g/mol. The SMILES string of the molecule is CCn1nc(CC(=O)C(O)C(C)(C)C)c2ccccc21. The first kappa shape index (κ1) is 14.7. The van der Waals surface area contributed by atoms with Gasteiger partial charge in [-0.3, -0.25) is 9.48 Å². The van der Waals surface area contributed by atoms with Gasteiger partial charge in [-0.05, 0) is 18.4 Å². The third-order valence-corrected chi connectivity index (χ3v) is 3.50. The molecule has 0 saturated heterocycles. The summed E-state index contributed by atoms with van der Waals surface area (Å²) in [6, 6.07) is 7.88. The summed E-state index contributed by atoms with van der Waals surface area (Å²) in [5.41, 5.74) is 1.33. The number of Topliss-reactive ketones (excluding diaryl/α,β-unsaturated/α-hetero) is 1. The number of aromatic nitrogens is 2. The minimum Gasteiger partial charge on any atom is -0.385 e. The van der Waals surface area contributed by atoms with Gasteiger partial charge < -0.3 is 5.11 Å². The summed E-state index contributed by atoms with van der Waals surface area (Å²) in [6.45, 7) is 8.36. The van der Waals surface area contributed by atoms with E-state index in [1.165, 1.54) is 0 Å². The van der Waals surface area contributed by atoms with Crippen molar-refractivity contribution in [1.82, 2.24) is 9.78 Å². The number of aliphatic hydroxyl groups is 1. The van der Waals surface area contributed by atoms with Crippen LogP contribution < -0.4 is 0 Å². The van der Waals surface area contributed by atoms with E-state index in [0.29, 0.717) is 0 Å². The zero-order valence-electron chi connectivity index (χ0n) is 12.6. The second-order valence-electron chi connectivity index (χ2n) is 6.19. The molecule has 0 radical (unpaired) electrons. The molecule has 0 amide bonds. The second kappa shape index (κ2) is 5.37. The molecule has 20 heavy (non-hydrogen) atoms. The number of carbonyl (C=O) groups is 1. The average molecular weight is 274 g/mol. The molecule has 0 aliphatic carbocycles. The van der Waals surface area contributed by atoms with Crippen molar-refractivity contribution in [2.24, 2.45) is 5.41 Å². The van der Waals surface area contributed by atoms with E-state index in [0.717, 1.165) is 23.1 Å². The largest absolute Gasteiger partial charge is 0.385 e. The molecule has 1 atom stereocenters. The van der Waals surface area contributed by atoms with E-state index in [1.54, 1.807) is 0 Å². The highest BCUT2D eigenvalue weighted by Gasteiger charge is 2.29. The van der Waals surface area contributed by atoms with Crippen LogP contribution in [-0.2, 0) is 17.8 Å². The Labute approximate surface area is 119 Å². The predicted octanol–water partition coefficient (Wildman–Crippen LogP) is 2.57. The fourth-order valence-electron chi connectivity index (χ4n) is 2.31. The lowest BCUT2D eigenvalue weighted by Crippen LogP contribution is -2.35. The van der Waals surface area contributed by atoms with Gasteiger partial charge in [0.2, 0.25) is 0 Å². The minimum atomic E-state index is -0.965. The molecule has 1 aromatic heterocycles. The molecule has 1 N–H and O–H groups in total. The molecule has 2 rings (SSSR count). The van der Waals surface area contributed by atoms with E-state index >= 15 is 0 Å². The van der Waals surface area contributed by atoms with Crippen LogP contribution in [0.5, 0.6) is 0 Å². The van der Waals surface area contributed by atoms with Crippen LogP contribution in [0.3, 0.4) is 0 Å². The Hall–Kier alpha value is -1.68. The molecule has 0 aliphatic rings. The Morgan fingerprint density at radius 2 is 2.00 bits per heavy atom. The maximum absolute atomic E-state index is 12.2. The molecule has 2 aromatic rings. The van der Waals surface area contributed by atoms with Crippen LogP contribution in [0, 0.1) is 5.41 Å². The van der Waals surface area contributed by atoms with E-state index in [-0.39, 0.29) is 12.2 Å². The van der Waals surface area contributed by atoms with E-state index in [4.69, 9.17) is 0 Å². The third-order valence-electron chi connectivity index (χ3n) is 3.50. The van der Waals surface area contributed by atoms with Crippen molar-refractivity contribution in [3.8, 4) is 0 Å². The fourth-order valence-corrected chi connectivity index (χ4v) is 2.31. The molecular weight excluding hydrogens is 252 g/mol. The van der Waals surface area contributed by atoms with Crippen molar-refractivity contribution >= 4 is 16.7 Å². The topological polar surface area (TPSA) is 55.1 Å². The summed E-state index contributed by atoms with van der Waals surface area (Å²) in [5.74, 6) is -0.177. The summed E-state index contributed by atoms with van der Waals surface area (Å²) in [4.78, 5) is 12.2. The van der Waals surface area contributed by atoms with Crippen molar-refractivity contribution in [2.45, 2.75) is 46.8 Å². The van der Waals surface area contributed by atoms with Gasteiger partial charge in [0.15, 0.2) is 5.78 Å². The molecule has 108 valence electrons. The zero-order valence-corrected chi connectivity index (χ0v) is 12.6. The molecule has 1 heterocycles. The molecule has 1 aromatic carbocycles. The quantitative estimate of drug-likeness (QED) is 0.932. The number of fused-ring (bicyclic) bond motifs is 1. The lowest BCUT2D eigenvalue weighted by molar-refractivity contribution is -0.131. The summed E-state index contributed by atoms with van der Waals surface area (Å²) >= 11 is 0. The van der Waals surface area contributed by atoms with Crippen LogP contribution in [0.1, 0.15) is 33.4 Å². The number of benzene rings is 1. The fraction of sp³-hybridized carbons (Fsp3) is 0.500. The minimum absolute atomic E-state index is 0.173. The van der Waals surface area contributed by atoms with Crippen molar-refractivity contribution in [3.05, 3.63) is 30.0 Å². The number of hydrogen-bond donors (Lipinski definition) is 1. The summed E-state index contributed by atoms with van der Waals surface area (Å²) in [5, 5.41) is 15.6. The number of aliphatic hydroxyl groups excluding tert-OH is 1. The smallest absolute Gasteiger partial charge is 0.167 e. The van der Waals surface area contributed by atoms with E-state index in [9.17, 15) is 9.90 Å². The highest BCUT2D eigenvalue weighted by molar-refractivity contribution is 5.90. The van der Waals surface area contributed by atoms with Crippen molar-refractivity contribution < 1.29 is 9.90 Å². The summed E-state index contributed by atoms with van der Waals surface area (Å²) in [7, 11) is 0.